The molecule has 0 fully saturated rings. The first-order valence-corrected chi connectivity index (χ1v) is 8.88. The first-order chi connectivity index (χ1) is 9.54. The van der Waals surface area contributed by atoms with Crippen molar-refractivity contribution in [3.63, 3.8) is 0 Å². The van der Waals surface area contributed by atoms with Crippen molar-refractivity contribution in [3.8, 4) is 6.07 Å². The van der Waals surface area contributed by atoms with E-state index in [1.165, 1.54) is 6.07 Å². The predicted octanol–water partition coefficient (Wildman–Crippen LogP) is 2.12. The van der Waals surface area contributed by atoms with Crippen LogP contribution in [0.15, 0.2) is 21.7 Å². The molecule has 10 heteroatoms. The fraction of sp³-hybridized carbons (Fsp3) is 0.200. The quantitative estimate of drug-likeness (QED) is 0.780. The lowest BCUT2D eigenvalue weighted by atomic mass is 10.4. The summed E-state index contributed by atoms with van der Waals surface area (Å²) in [6.45, 7) is 0.526. The third-order valence-corrected chi connectivity index (χ3v) is 6.26. The van der Waals surface area contributed by atoms with E-state index in [-0.39, 0.29) is 21.5 Å². The summed E-state index contributed by atoms with van der Waals surface area (Å²) in [5.41, 5.74) is 0.276. The molecule has 0 atom stereocenters. The molecule has 0 aliphatic rings. The van der Waals surface area contributed by atoms with Gasteiger partial charge in [-0.2, -0.15) is 9.64 Å². The zero-order valence-electron chi connectivity index (χ0n) is 9.96. The zero-order chi connectivity index (χ0) is 14.6. The van der Waals surface area contributed by atoms with Gasteiger partial charge in [-0.1, -0.05) is 17.7 Å². The molecule has 0 aromatic carbocycles. The molecule has 0 saturated carbocycles. The molecule has 0 aliphatic heterocycles. The average Bonchev–Trinajstić information content (AvgIpc) is 3.04. The zero-order valence-corrected chi connectivity index (χ0v) is 13.2. The van der Waals surface area contributed by atoms with Crippen molar-refractivity contribution in [2.24, 2.45) is 0 Å². The number of aromatic nitrogens is 1. The maximum atomic E-state index is 11.8. The molecule has 6 nitrogen and oxygen atoms in total. The highest BCUT2D eigenvalue weighted by Gasteiger charge is 2.15. The van der Waals surface area contributed by atoms with Crippen molar-refractivity contribution < 1.29 is 8.42 Å². The van der Waals surface area contributed by atoms with Gasteiger partial charge in [-0.15, -0.1) is 11.3 Å². The van der Waals surface area contributed by atoms with Crippen LogP contribution in [-0.4, -0.2) is 25.9 Å². The maximum absolute atomic E-state index is 11.8. The lowest BCUT2D eigenvalue weighted by Gasteiger charge is -2.06. The summed E-state index contributed by atoms with van der Waals surface area (Å²) in [6, 6.07) is 5.16. The third kappa shape index (κ3) is 3.47. The van der Waals surface area contributed by atoms with Gasteiger partial charge in [-0.25, -0.2) is 13.1 Å². The minimum Gasteiger partial charge on any atom is -0.373 e. The molecular formula is C10H9ClN4O2S3. The SMILES string of the molecule is N#Cc1c(Cl)nsc1NCCNS(=O)(=O)c1cccs1. The first kappa shape index (κ1) is 15.2. The standard InChI is InChI=1S/C10H9ClN4O2S3/c11-9-7(6-12)10(19-15-9)13-3-4-14-20(16,17)8-2-1-5-18-8/h1-2,5,13-14H,3-4H2. The third-order valence-electron chi connectivity index (χ3n) is 2.22. The number of thiophene rings is 1. The van der Waals surface area contributed by atoms with Crippen LogP contribution in [0.25, 0.3) is 0 Å². The minimum absolute atomic E-state index is 0.152. The van der Waals surface area contributed by atoms with E-state index in [0.717, 1.165) is 22.9 Å². The van der Waals surface area contributed by atoms with Crippen molar-refractivity contribution in [2.45, 2.75) is 4.21 Å². The lowest BCUT2D eigenvalue weighted by Crippen LogP contribution is -2.28. The van der Waals surface area contributed by atoms with Crippen molar-refractivity contribution in [1.29, 1.82) is 5.26 Å². The van der Waals surface area contributed by atoms with Crippen LogP contribution < -0.4 is 10.0 Å². The fourth-order valence-electron chi connectivity index (χ4n) is 1.34. The van der Waals surface area contributed by atoms with Crippen LogP contribution in [0.2, 0.25) is 5.15 Å². The Bertz CT molecular complexity index is 718. The second kappa shape index (κ2) is 6.51. The topological polar surface area (TPSA) is 94.9 Å². The molecule has 0 amide bonds. The molecule has 0 saturated heterocycles. The summed E-state index contributed by atoms with van der Waals surface area (Å²) in [4.78, 5) is 0. The Morgan fingerprint density at radius 1 is 1.45 bits per heavy atom. The summed E-state index contributed by atoms with van der Waals surface area (Å²) in [5, 5.41) is 14.2. The Hall–Kier alpha value is -1.18. The number of hydrogen-bond acceptors (Lipinski definition) is 7. The van der Waals surface area contributed by atoms with E-state index in [4.69, 9.17) is 16.9 Å². The molecule has 0 aliphatic carbocycles. The summed E-state index contributed by atoms with van der Waals surface area (Å²) in [6.07, 6.45) is 0. The van der Waals surface area contributed by atoms with Crippen LogP contribution in [0.3, 0.4) is 0 Å². The van der Waals surface area contributed by atoms with Gasteiger partial charge in [0.05, 0.1) is 0 Å². The van der Waals surface area contributed by atoms with E-state index in [9.17, 15) is 8.42 Å². The molecule has 0 radical (unpaired) electrons. The van der Waals surface area contributed by atoms with E-state index in [2.05, 4.69) is 14.4 Å². The van der Waals surface area contributed by atoms with E-state index < -0.39 is 10.0 Å². The van der Waals surface area contributed by atoms with Gasteiger partial charge in [0.15, 0.2) is 5.15 Å². The summed E-state index contributed by atoms with van der Waals surface area (Å²) in [5.74, 6) is 0. The second-order valence-corrected chi connectivity index (χ2v) is 7.62. The molecular weight excluding hydrogens is 340 g/mol. The second-order valence-electron chi connectivity index (χ2n) is 3.55. The fourth-order valence-corrected chi connectivity index (χ4v) is 4.37. The van der Waals surface area contributed by atoms with E-state index in [0.29, 0.717) is 11.5 Å². The van der Waals surface area contributed by atoms with Crippen LogP contribution in [0.1, 0.15) is 5.56 Å². The predicted molar refractivity (Wildman–Crippen MR) is 79.8 cm³/mol. The number of rotatable bonds is 6. The molecule has 2 aromatic heterocycles. The maximum Gasteiger partial charge on any atom is 0.250 e. The number of nitriles is 1. The lowest BCUT2D eigenvalue weighted by molar-refractivity contribution is 0.585. The molecule has 106 valence electrons. The van der Waals surface area contributed by atoms with Crippen molar-refractivity contribution in [1.82, 2.24) is 9.10 Å². The molecule has 0 spiro atoms. The monoisotopic (exact) mass is 348 g/mol. The Kier molecular flexibility index (Phi) is 4.95. The average molecular weight is 349 g/mol. The number of anilines is 1. The Balaban J connectivity index is 1.87. The van der Waals surface area contributed by atoms with Gasteiger partial charge in [-0.05, 0) is 23.0 Å². The van der Waals surface area contributed by atoms with E-state index >= 15 is 0 Å². The Labute approximate surface area is 129 Å². The number of sulfonamides is 1. The highest BCUT2D eigenvalue weighted by atomic mass is 35.5. The summed E-state index contributed by atoms with van der Waals surface area (Å²) >= 11 is 7.94. The van der Waals surface area contributed by atoms with Crippen LogP contribution in [0.4, 0.5) is 5.00 Å². The summed E-state index contributed by atoms with van der Waals surface area (Å²) in [7, 11) is -3.46. The van der Waals surface area contributed by atoms with Crippen molar-refractivity contribution in [2.75, 3.05) is 18.4 Å². The largest absolute Gasteiger partial charge is 0.373 e. The Morgan fingerprint density at radius 2 is 2.25 bits per heavy atom. The normalized spacial score (nSPS) is 11.2. The highest BCUT2D eigenvalue weighted by Crippen LogP contribution is 2.27. The van der Waals surface area contributed by atoms with Crippen LogP contribution in [0, 0.1) is 11.3 Å². The number of nitrogens with one attached hydrogen (secondary N) is 2. The smallest absolute Gasteiger partial charge is 0.250 e. The first-order valence-electron chi connectivity index (χ1n) is 5.37. The van der Waals surface area contributed by atoms with Crippen molar-refractivity contribution in [3.05, 3.63) is 28.2 Å². The number of hydrogen-bond donors (Lipinski definition) is 2. The molecule has 2 N–H and O–H groups in total. The minimum atomic E-state index is -3.46. The van der Waals surface area contributed by atoms with Gasteiger partial charge < -0.3 is 5.32 Å². The molecule has 0 unspecified atom stereocenters. The van der Waals surface area contributed by atoms with Gasteiger partial charge in [0.25, 0.3) is 0 Å². The highest BCUT2D eigenvalue weighted by molar-refractivity contribution is 7.91. The molecule has 2 rings (SSSR count). The van der Waals surface area contributed by atoms with Crippen molar-refractivity contribution >= 4 is 49.5 Å². The summed E-state index contributed by atoms with van der Waals surface area (Å²) < 4.78 is 30.2. The Morgan fingerprint density at radius 3 is 2.90 bits per heavy atom. The van der Waals surface area contributed by atoms with Crippen LogP contribution in [-0.2, 0) is 10.0 Å². The van der Waals surface area contributed by atoms with Gasteiger partial charge in [0, 0.05) is 13.1 Å². The van der Waals surface area contributed by atoms with Gasteiger partial charge in [0.2, 0.25) is 10.0 Å². The van der Waals surface area contributed by atoms with Crippen LogP contribution in [0.5, 0.6) is 0 Å². The van der Waals surface area contributed by atoms with E-state index in [1.807, 2.05) is 6.07 Å². The number of halogens is 1. The van der Waals surface area contributed by atoms with Gasteiger partial charge in [-0.3, -0.25) is 0 Å². The molecule has 20 heavy (non-hydrogen) atoms. The van der Waals surface area contributed by atoms with Gasteiger partial charge in [0.1, 0.15) is 20.8 Å². The molecule has 2 heterocycles. The molecule has 2 aromatic rings. The van der Waals surface area contributed by atoms with Crippen LogP contribution >= 0.6 is 34.5 Å². The van der Waals surface area contributed by atoms with E-state index in [1.54, 1.807) is 11.4 Å². The molecule has 0 bridgehead atoms. The number of nitrogens with zero attached hydrogens (tertiary/aromatic N) is 2. The van der Waals surface area contributed by atoms with Gasteiger partial charge >= 0.3 is 0 Å².